The van der Waals surface area contributed by atoms with Crippen molar-refractivity contribution in [2.75, 3.05) is 7.11 Å². The zero-order valence-electron chi connectivity index (χ0n) is 17.0. The second-order valence-corrected chi connectivity index (χ2v) is 8.12. The molecule has 0 N–H and O–H groups in total. The van der Waals surface area contributed by atoms with Crippen LogP contribution < -0.4 is 10.3 Å². The van der Waals surface area contributed by atoms with E-state index < -0.39 is 11.7 Å². The summed E-state index contributed by atoms with van der Waals surface area (Å²) in [4.78, 5) is 26.9. The maximum Gasteiger partial charge on any atom is 0.416 e. The van der Waals surface area contributed by atoms with Crippen LogP contribution in [0.25, 0.3) is 0 Å². The molecule has 30 heavy (non-hydrogen) atoms. The minimum absolute atomic E-state index is 0.0160. The van der Waals surface area contributed by atoms with Gasteiger partial charge in [-0.25, -0.2) is 0 Å². The molecule has 0 radical (unpaired) electrons. The molecule has 1 saturated carbocycles. The lowest BCUT2D eigenvalue weighted by molar-refractivity contribution is -0.137. The Balaban J connectivity index is 1.42. The van der Waals surface area contributed by atoms with Gasteiger partial charge in [0, 0.05) is 24.7 Å². The van der Waals surface area contributed by atoms with Gasteiger partial charge in [-0.15, -0.1) is 0 Å². The second-order valence-electron chi connectivity index (χ2n) is 8.12. The number of fused-ring (bicyclic) bond motifs is 1. The van der Waals surface area contributed by atoms with Crippen LogP contribution in [0.1, 0.15) is 46.7 Å². The Morgan fingerprint density at radius 1 is 1.20 bits per heavy atom. The van der Waals surface area contributed by atoms with Crippen LogP contribution in [0.15, 0.2) is 29.1 Å². The van der Waals surface area contributed by atoms with Crippen LogP contribution in [0.3, 0.4) is 0 Å². The Kier molecular flexibility index (Phi) is 4.91. The predicted octanol–water partition coefficient (Wildman–Crippen LogP) is 3.76. The smallest absolute Gasteiger partial charge is 0.416 e. The largest absolute Gasteiger partial charge is 0.496 e. The van der Waals surface area contributed by atoms with Crippen LogP contribution in [0.2, 0.25) is 0 Å². The highest BCUT2D eigenvalue weighted by Crippen LogP contribution is 2.50. The van der Waals surface area contributed by atoms with E-state index in [9.17, 15) is 22.8 Å². The highest BCUT2D eigenvalue weighted by atomic mass is 19.4. The SMILES string of the molecule is COc1c2c(n(C)c(=O)c1C)CN(C(=O)CC1CC1c1ccc(C(F)(F)F)cc1)C2. The van der Waals surface area contributed by atoms with Crippen LogP contribution in [0.5, 0.6) is 5.75 Å². The molecule has 4 rings (SSSR count). The molecule has 1 fully saturated rings. The van der Waals surface area contributed by atoms with Gasteiger partial charge in [-0.1, -0.05) is 12.1 Å². The molecule has 2 aliphatic rings. The number of hydrogen-bond donors (Lipinski definition) is 0. The van der Waals surface area contributed by atoms with Crippen LogP contribution in [-0.2, 0) is 31.1 Å². The van der Waals surface area contributed by atoms with Gasteiger partial charge in [-0.3, -0.25) is 9.59 Å². The fraction of sp³-hybridized carbons (Fsp3) is 0.455. The fourth-order valence-electron chi connectivity index (χ4n) is 4.43. The summed E-state index contributed by atoms with van der Waals surface area (Å²) < 4.78 is 45.2. The van der Waals surface area contributed by atoms with Crippen LogP contribution in [-0.4, -0.2) is 22.5 Å². The van der Waals surface area contributed by atoms with Crippen LogP contribution >= 0.6 is 0 Å². The van der Waals surface area contributed by atoms with Crippen molar-refractivity contribution in [1.82, 2.24) is 9.47 Å². The molecular formula is C22H23F3N2O3. The van der Waals surface area contributed by atoms with Gasteiger partial charge >= 0.3 is 6.18 Å². The van der Waals surface area contributed by atoms with E-state index in [0.717, 1.165) is 35.4 Å². The first-order chi connectivity index (χ1) is 14.1. The summed E-state index contributed by atoms with van der Waals surface area (Å²) in [5.41, 5.74) is 2.21. The van der Waals surface area contributed by atoms with E-state index in [1.807, 2.05) is 0 Å². The minimum Gasteiger partial charge on any atom is -0.496 e. The molecule has 8 heteroatoms. The van der Waals surface area contributed by atoms with E-state index >= 15 is 0 Å². The number of aromatic nitrogens is 1. The van der Waals surface area contributed by atoms with Crippen molar-refractivity contribution in [3.05, 3.63) is 62.6 Å². The Bertz CT molecular complexity index is 1060. The molecule has 2 atom stereocenters. The molecule has 0 saturated heterocycles. The Labute approximate surface area is 172 Å². The first-order valence-electron chi connectivity index (χ1n) is 9.82. The van der Waals surface area contributed by atoms with Crippen molar-refractivity contribution >= 4 is 5.91 Å². The number of rotatable bonds is 4. The molecule has 1 aromatic heterocycles. The molecule has 2 aromatic rings. The number of hydrogen-bond acceptors (Lipinski definition) is 3. The molecular weight excluding hydrogens is 397 g/mol. The van der Waals surface area contributed by atoms with Crippen molar-refractivity contribution < 1.29 is 22.7 Å². The molecule has 1 aromatic carbocycles. The number of halogens is 3. The van der Waals surface area contributed by atoms with E-state index in [0.29, 0.717) is 30.8 Å². The summed E-state index contributed by atoms with van der Waals surface area (Å²) in [6, 6.07) is 5.21. The molecule has 0 bridgehead atoms. The number of nitrogens with zero attached hydrogens (tertiary/aromatic N) is 2. The van der Waals surface area contributed by atoms with Crippen molar-refractivity contribution in [3.63, 3.8) is 0 Å². The van der Waals surface area contributed by atoms with E-state index in [1.165, 1.54) is 19.2 Å². The van der Waals surface area contributed by atoms with Gasteiger partial charge in [0.1, 0.15) is 5.75 Å². The lowest BCUT2D eigenvalue weighted by atomic mass is 10.1. The number of ether oxygens (including phenoxy) is 1. The van der Waals surface area contributed by atoms with Crippen molar-refractivity contribution in [2.45, 2.75) is 44.9 Å². The molecule has 2 unspecified atom stereocenters. The quantitative estimate of drug-likeness (QED) is 0.757. The fourth-order valence-corrected chi connectivity index (χ4v) is 4.43. The molecule has 160 valence electrons. The molecule has 2 heterocycles. The van der Waals surface area contributed by atoms with Gasteiger partial charge < -0.3 is 14.2 Å². The Morgan fingerprint density at radius 3 is 2.47 bits per heavy atom. The third kappa shape index (κ3) is 3.48. The summed E-state index contributed by atoms with van der Waals surface area (Å²) in [6.45, 7) is 2.46. The van der Waals surface area contributed by atoms with E-state index in [1.54, 1.807) is 23.4 Å². The average Bonchev–Trinajstić information content (AvgIpc) is 3.32. The minimum atomic E-state index is -4.35. The van der Waals surface area contributed by atoms with E-state index in [-0.39, 0.29) is 23.3 Å². The van der Waals surface area contributed by atoms with Gasteiger partial charge in [0.2, 0.25) is 5.91 Å². The first kappa shape index (κ1) is 20.5. The number of benzene rings is 1. The highest BCUT2D eigenvalue weighted by molar-refractivity contribution is 5.78. The van der Waals surface area contributed by atoms with Gasteiger partial charge in [0.25, 0.3) is 5.56 Å². The second kappa shape index (κ2) is 7.18. The van der Waals surface area contributed by atoms with Gasteiger partial charge in [0.05, 0.1) is 31.3 Å². The number of carbonyl (C=O) groups is 1. The lowest BCUT2D eigenvalue weighted by Crippen LogP contribution is -2.27. The monoisotopic (exact) mass is 420 g/mol. The van der Waals surface area contributed by atoms with Gasteiger partial charge in [-0.05, 0) is 42.9 Å². The molecule has 5 nitrogen and oxygen atoms in total. The summed E-state index contributed by atoms with van der Waals surface area (Å²) in [5, 5.41) is 0. The standard InChI is InChI=1S/C22H23F3N2O3/c1-12-20(30-3)17-10-27(11-18(17)26(2)21(12)29)19(28)9-14-8-16(14)13-4-6-15(7-5-13)22(23,24)25/h4-7,14,16H,8-11H2,1-3H3. The number of methoxy groups -OCH3 is 1. The zero-order chi connectivity index (χ0) is 21.8. The van der Waals surface area contributed by atoms with Crippen molar-refractivity contribution in [3.8, 4) is 5.75 Å². The number of pyridine rings is 1. The maximum absolute atomic E-state index is 12.9. The highest BCUT2D eigenvalue weighted by Gasteiger charge is 2.42. The van der Waals surface area contributed by atoms with Crippen molar-refractivity contribution in [2.24, 2.45) is 13.0 Å². The van der Waals surface area contributed by atoms with E-state index in [2.05, 4.69) is 0 Å². The topological polar surface area (TPSA) is 51.5 Å². The predicted molar refractivity (Wildman–Crippen MR) is 104 cm³/mol. The maximum atomic E-state index is 12.9. The Morgan fingerprint density at radius 2 is 1.87 bits per heavy atom. The van der Waals surface area contributed by atoms with Crippen LogP contribution in [0, 0.1) is 12.8 Å². The summed E-state index contributed by atoms with van der Waals surface area (Å²) in [6.07, 6.45) is -3.21. The average molecular weight is 420 g/mol. The Hall–Kier alpha value is -2.77. The van der Waals surface area contributed by atoms with Crippen molar-refractivity contribution in [1.29, 1.82) is 0 Å². The van der Waals surface area contributed by atoms with Crippen LogP contribution in [0.4, 0.5) is 13.2 Å². The molecule has 1 aliphatic carbocycles. The third-order valence-electron chi connectivity index (χ3n) is 6.27. The van der Waals surface area contributed by atoms with E-state index in [4.69, 9.17) is 4.74 Å². The molecule has 0 spiro atoms. The third-order valence-corrected chi connectivity index (χ3v) is 6.27. The zero-order valence-corrected chi connectivity index (χ0v) is 17.0. The lowest BCUT2D eigenvalue weighted by Gasteiger charge is -2.15. The summed E-state index contributed by atoms with van der Waals surface area (Å²) in [7, 11) is 3.22. The molecule has 1 amide bonds. The van der Waals surface area contributed by atoms with Gasteiger partial charge in [-0.2, -0.15) is 13.2 Å². The molecule has 1 aliphatic heterocycles. The normalized spacial score (nSPS) is 20.3. The van der Waals surface area contributed by atoms with Gasteiger partial charge in [0.15, 0.2) is 0 Å². The number of alkyl halides is 3. The summed E-state index contributed by atoms with van der Waals surface area (Å²) >= 11 is 0. The first-order valence-corrected chi connectivity index (χ1v) is 9.82. The summed E-state index contributed by atoms with van der Waals surface area (Å²) in [5.74, 6) is 0.767. The number of amides is 1. The number of carbonyl (C=O) groups excluding carboxylic acids is 1.